The van der Waals surface area contributed by atoms with Crippen LogP contribution in [0.1, 0.15) is 12.0 Å². The van der Waals surface area contributed by atoms with Gasteiger partial charge in [-0.15, -0.1) is 0 Å². The van der Waals surface area contributed by atoms with E-state index < -0.39 is 17.0 Å². The predicted molar refractivity (Wildman–Crippen MR) is 105 cm³/mol. The maximum atomic E-state index is 3.45. The van der Waals surface area contributed by atoms with E-state index in [2.05, 4.69) is 101 Å². The Labute approximate surface area is 143 Å². The monoisotopic (exact) mass is 533 g/mol. The van der Waals surface area contributed by atoms with Crippen LogP contribution in [0, 0.1) is 0 Å². The Balaban J connectivity index is 0.000000220. The van der Waals surface area contributed by atoms with Crippen LogP contribution in [0.5, 0.6) is 0 Å². The number of allylic oxidation sites excluding steroid dienone is 4. The molecule has 0 aromatic heterocycles. The van der Waals surface area contributed by atoms with Crippen LogP contribution >= 0.6 is 15.9 Å². The van der Waals surface area contributed by atoms with Gasteiger partial charge >= 0.3 is 68.4 Å². The fraction of sp³-hybridized carbons (Fsp3) is 0.474. The second-order valence-electron chi connectivity index (χ2n) is 10.2. The van der Waals surface area contributed by atoms with Gasteiger partial charge in [0.25, 0.3) is 0 Å². The Kier molecular flexibility index (Phi) is 5.78. The number of nitrogens with zero attached hydrogens (tertiary/aromatic N) is 1. The molecule has 0 bridgehead atoms. The average molecular weight is 533 g/mol. The van der Waals surface area contributed by atoms with Gasteiger partial charge in [-0.3, -0.25) is 0 Å². The van der Waals surface area contributed by atoms with E-state index in [4.69, 9.17) is 0 Å². The number of rotatable bonds is 3. The summed E-state index contributed by atoms with van der Waals surface area (Å²) in [6.07, 6.45) is 8.01. The second kappa shape index (κ2) is 6.39. The van der Waals surface area contributed by atoms with Crippen LogP contribution in [0.25, 0.3) is 0 Å². The molecule has 2 rings (SSSR count). The predicted octanol–water partition coefficient (Wildman–Crippen LogP) is 6.94. The average Bonchev–Trinajstić information content (AvgIpc) is 2.92. The molecular weight excluding hydrogens is 501 g/mol. The first-order valence-electron chi connectivity index (χ1n) is 8.03. The molecule has 0 amide bonds. The zero-order valence-corrected chi connectivity index (χ0v) is 20.5. The van der Waals surface area contributed by atoms with Crippen molar-refractivity contribution in [1.82, 2.24) is 0 Å². The van der Waals surface area contributed by atoms with Gasteiger partial charge in [-0.1, -0.05) is 34.1 Å². The van der Waals surface area contributed by atoms with Crippen LogP contribution in [-0.2, 0) is 22.4 Å². The Morgan fingerprint density at radius 1 is 1.05 bits per heavy atom. The number of alkyl halides is 1. The van der Waals surface area contributed by atoms with Gasteiger partial charge in [0.05, 0.1) is 0 Å². The Morgan fingerprint density at radius 2 is 1.64 bits per heavy atom. The summed E-state index contributed by atoms with van der Waals surface area (Å²) in [6.45, 7) is 0. The van der Waals surface area contributed by atoms with Crippen LogP contribution in [-0.4, -0.2) is 14.1 Å². The van der Waals surface area contributed by atoms with E-state index in [1.165, 1.54) is 17.7 Å². The van der Waals surface area contributed by atoms with Gasteiger partial charge in [0.15, 0.2) is 0 Å². The third-order valence-electron chi connectivity index (χ3n) is 3.99. The third kappa shape index (κ3) is 6.16. The zero-order chi connectivity index (χ0) is 17.1. The number of para-hydroxylation sites is 1. The molecule has 0 spiro atoms. The van der Waals surface area contributed by atoms with Gasteiger partial charge in [0.1, 0.15) is 0 Å². The van der Waals surface area contributed by atoms with E-state index in [0.717, 1.165) is 5.33 Å². The molecular formula is C19H32BrHfN. The van der Waals surface area contributed by atoms with E-state index in [1.807, 2.05) is 0 Å². The van der Waals surface area contributed by atoms with Gasteiger partial charge in [-0.25, -0.2) is 0 Å². The van der Waals surface area contributed by atoms with Crippen molar-refractivity contribution in [2.75, 3.05) is 19.0 Å². The van der Waals surface area contributed by atoms with E-state index in [9.17, 15) is 0 Å². The van der Waals surface area contributed by atoms with Crippen LogP contribution < -0.4 is 4.90 Å². The van der Waals surface area contributed by atoms with Crippen LogP contribution in [0.4, 0.5) is 5.69 Å². The van der Waals surface area contributed by atoms with Crippen molar-refractivity contribution in [1.29, 1.82) is 0 Å². The molecule has 0 heterocycles. The summed E-state index contributed by atoms with van der Waals surface area (Å²) >= 11 is 0.580. The van der Waals surface area contributed by atoms with Crippen LogP contribution in [0.3, 0.4) is 0 Å². The minimum atomic E-state index is -2.87. The molecule has 0 aliphatic heterocycles. The van der Waals surface area contributed by atoms with E-state index >= 15 is 0 Å². The van der Waals surface area contributed by atoms with Crippen LogP contribution in [0.2, 0.25) is 23.4 Å². The van der Waals surface area contributed by atoms with Crippen LogP contribution in [0.15, 0.2) is 45.8 Å². The van der Waals surface area contributed by atoms with Crippen molar-refractivity contribution >= 4 is 21.6 Å². The normalized spacial score (nSPS) is 17.0. The van der Waals surface area contributed by atoms with Crippen molar-refractivity contribution in [3.63, 3.8) is 0 Å². The molecule has 1 aromatic rings. The molecule has 1 aliphatic carbocycles. The summed E-state index contributed by atoms with van der Waals surface area (Å²) in [4.78, 5) is 2.12. The summed E-state index contributed by atoms with van der Waals surface area (Å²) in [7, 11) is 4.11. The van der Waals surface area contributed by atoms with Gasteiger partial charge in [-0.2, -0.15) is 0 Å². The molecule has 0 atom stereocenters. The van der Waals surface area contributed by atoms with Crippen molar-refractivity contribution < 1.29 is 17.0 Å². The second-order valence-corrected chi connectivity index (χ2v) is 58.0. The number of halogens is 1. The third-order valence-corrected chi connectivity index (χ3v) is 17.5. The summed E-state index contributed by atoms with van der Waals surface area (Å²) < 4.78 is 14.3. The Hall–Kier alpha value is -0.150. The summed E-state index contributed by atoms with van der Waals surface area (Å²) in [5, 5.41) is 0.918. The first-order valence-corrected chi connectivity index (χ1v) is 28.9. The number of hydrogen-bond acceptors (Lipinski definition) is 1. The quantitative estimate of drug-likeness (QED) is 0.301. The number of benzene rings is 1. The van der Waals surface area contributed by atoms with E-state index in [0.29, 0.717) is 0 Å². The zero-order valence-electron chi connectivity index (χ0n) is 15.3. The molecule has 1 aliphatic rings. The number of anilines is 1. The summed E-state index contributed by atoms with van der Waals surface area (Å²) in [5.41, 5.74) is 2.61. The molecule has 0 N–H and O–H groups in total. The fourth-order valence-corrected chi connectivity index (χ4v) is 10.3. The van der Waals surface area contributed by atoms with Crippen molar-refractivity contribution in [3.05, 3.63) is 51.4 Å². The molecule has 124 valence electrons. The molecule has 3 heteroatoms. The van der Waals surface area contributed by atoms with Gasteiger partial charge in [0, 0.05) is 25.1 Å². The van der Waals surface area contributed by atoms with Crippen molar-refractivity contribution in [2.24, 2.45) is 0 Å². The molecule has 1 nitrogen and oxygen atoms in total. The first-order chi connectivity index (χ1) is 9.85. The molecule has 0 saturated carbocycles. The van der Waals surface area contributed by atoms with Crippen molar-refractivity contribution in [2.45, 2.75) is 35.2 Å². The van der Waals surface area contributed by atoms with E-state index in [-0.39, 0.29) is 0 Å². The first kappa shape index (κ1) is 19.9. The van der Waals surface area contributed by atoms with Gasteiger partial charge in [0.2, 0.25) is 0 Å². The Morgan fingerprint density at radius 3 is 1.95 bits per heavy atom. The number of hydrogen-bond donors (Lipinski definition) is 0. The van der Waals surface area contributed by atoms with E-state index in [1.54, 1.807) is 3.33 Å². The molecule has 0 fully saturated rings. The molecule has 0 unspecified atom stereocenters. The Bertz CT molecular complexity index is 577. The fourth-order valence-electron chi connectivity index (χ4n) is 2.43. The topological polar surface area (TPSA) is 3.24 Å². The maximum absolute atomic E-state index is 3.45. The molecule has 0 radical (unpaired) electrons. The summed E-state index contributed by atoms with van der Waals surface area (Å²) in [5.74, 6) is 0. The molecule has 22 heavy (non-hydrogen) atoms. The van der Waals surface area contributed by atoms with Gasteiger partial charge < -0.3 is 4.90 Å². The molecule has 0 saturated heterocycles. The summed E-state index contributed by atoms with van der Waals surface area (Å²) in [6, 6.07) is 8.37. The standard InChI is InChI=1S/C9H12BrN.C5H5.5CH3.Hf/c1-11(2)9-6-4-3-5-8(9)7-10;1-2-4-5-3-1;;;;;;/h3-6H,7H2,1-2H3;1-3H,4H2;5*1H3;. The minimum absolute atomic E-state index is 0.918. The SMILES string of the molecule is CN(C)c1ccccc1CBr.[CH3][Hf]([CH3])([CH3])([CH3])([CH3])[C]1=CC=CC1. The van der Waals surface area contributed by atoms with Crippen molar-refractivity contribution in [3.8, 4) is 0 Å². The molecule has 1 aromatic carbocycles. The van der Waals surface area contributed by atoms with Gasteiger partial charge in [-0.05, 0) is 11.6 Å².